The van der Waals surface area contributed by atoms with Crippen LogP contribution < -0.4 is 10.6 Å². The Balaban J connectivity index is 1.58. The third-order valence-corrected chi connectivity index (χ3v) is 6.65. The van der Waals surface area contributed by atoms with Crippen molar-refractivity contribution >= 4 is 24.1 Å². The summed E-state index contributed by atoms with van der Waals surface area (Å²) in [5.74, 6) is 1.06. The van der Waals surface area contributed by atoms with E-state index in [0.29, 0.717) is 47.9 Å². The van der Waals surface area contributed by atoms with Gasteiger partial charge in [-0.2, -0.15) is 0 Å². The van der Waals surface area contributed by atoms with Crippen molar-refractivity contribution in [2.24, 2.45) is 23.7 Å². The van der Waals surface area contributed by atoms with E-state index in [4.69, 9.17) is 18.9 Å². The van der Waals surface area contributed by atoms with E-state index < -0.39 is 36.3 Å². The second-order valence-corrected chi connectivity index (χ2v) is 10.0. The maximum Gasteiger partial charge on any atom is 0.407 e. The first-order valence-corrected chi connectivity index (χ1v) is 12.5. The van der Waals surface area contributed by atoms with Crippen LogP contribution in [0.15, 0.2) is 24.3 Å². The fraction of sp³-hybridized carbons (Fsp3) is 0.692. The molecule has 2 bridgehead atoms. The van der Waals surface area contributed by atoms with Crippen LogP contribution in [0.1, 0.15) is 53.4 Å². The first-order chi connectivity index (χ1) is 17.0. The fourth-order valence-corrected chi connectivity index (χ4v) is 4.84. The van der Waals surface area contributed by atoms with E-state index in [1.54, 1.807) is 27.7 Å². The molecular weight excluding hydrogens is 468 g/mol. The largest absolute Gasteiger partial charge is 0.458 e. The summed E-state index contributed by atoms with van der Waals surface area (Å²) in [7, 11) is 0. The lowest BCUT2D eigenvalue weighted by Gasteiger charge is -2.28. The second kappa shape index (κ2) is 13.9. The molecule has 0 radical (unpaired) electrons. The molecular formula is C26H40N2O8. The highest BCUT2D eigenvalue weighted by Gasteiger charge is 2.45. The number of rotatable bonds is 13. The Morgan fingerprint density at radius 3 is 1.72 bits per heavy atom. The lowest BCUT2D eigenvalue weighted by molar-refractivity contribution is -0.142. The molecule has 0 aliphatic heterocycles. The lowest BCUT2D eigenvalue weighted by Crippen LogP contribution is -2.36. The van der Waals surface area contributed by atoms with Gasteiger partial charge in [0, 0.05) is 24.2 Å². The summed E-state index contributed by atoms with van der Waals surface area (Å²) < 4.78 is 20.4. The number of amides is 2. The highest BCUT2D eigenvalue weighted by molar-refractivity contribution is 5.87. The number of hydrogen-bond donors (Lipinski definition) is 2. The Morgan fingerprint density at radius 2 is 1.25 bits per heavy atom. The van der Waals surface area contributed by atoms with Gasteiger partial charge in [0.15, 0.2) is 0 Å². The molecule has 2 saturated carbocycles. The molecule has 36 heavy (non-hydrogen) atoms. The van der Waals surface area contributed by atoms with Gasteiger partial charge in [-0.25, -0.2) is 19.2 Å². The zero-order chi connectivity index (χ0) is 26.8. The predicted molar refractivity (Wildman–Crippen MR) is 132 cm³/mol. The van der Waals surface area contributed by atoms with Gasteiger partial charge < -0.3 is 29.6 Å². The van der Waals surface area contributed by atoms with Crippen molar-refractivity contribution in [3.8, 4) is 0 Å². The van der Waals surface area contributed by atoms with Crippen LogP contribution in [0.4, 0.5) is 9.59 Å². The van der Waals surface area contributed by atoms with Crippen molar-refractivity contribution in [1.29, 1.82) is 0 Å². The van der Waals surface area contributed by atoms with Gasteiger partial charge in [0.2, 0.25) is 0 Å². The standard InChI is InChI=1S/C26H40N2O8/c1-15(2)23(29)33-13-17(5)35-25(31)27-8-7-19-9-21-10-20(19)11-22(21)12-28-26(32)36-18(6)14-34-24(30)16(3)4/h17-22H,1,3,7-14H2,2,4-6H3,(H,27,31)(H,28,32). The van der Waals surface area contributed by atoms with E-state index >= 15 is 0 Å². The van der Waals surface area contributed by atoms with Gasteiger partial charge in [-0.05, 0) is 77.0 Å². The summed E-state index contributed by atoms with van der Waals surface area (Å²) in [5.41, 5.74) is 0.592. The molecule has 0 aromatic heterocycles. The summed E-state index contributed by atoms with van der Waals surface area (Å²) in [6, 6.07) is 0. The van der Waals surface area contributed by atoms with Crippen LogP contribution in [0, 0.1) is 23.7 Å². The molecule has 2 aliphatic rings. The zero-order valence-corrected chi connectivity index (χ0v) is 21.8. The monoisotopic (exact) mass is 508 g/mol. The minimum Gasteiger partial charge on any atom is -0.458 e. The van der Waals surface area contributed by atoms with Crippen LogP contribution in [0.2, 0.25) is 0 Å². The average molecular weight is 509 g/mol. The number of fused-ring (bicyclic) bond motifs is 2. The Kier molecular flexibility index (Phi) is 11.3. The van der Waals surface area contributed by atoms with Crippen molar-refractivity contribution in [2.45, 2.75) is 65.6 Å². The van der Waals surface area contributed by atoms with Crippen LogP contribution in [0.3, 0.4) is 0 Å². The molecule has 0 saturated heterocycles. The Morgan fingerprint density at radius 1 is 0.778 bits per heavy atom. The van der Waals surface area contributed by atoms with Crippen LogP contribution in [-0.2, 0) is 28.5 Å². The van der Waals surface area contributed by atoms with E-state index in [0.717, 1.165) is 25.7 Å². The molecule has 0 aromatic rings. The summed E-state index contributed by atoms with van der Waals surface area (Å²) in [6.07, 6.45) is 1.98. The minimum atomic E-state index is -0.551. The minimum absolute atomic E-state index is 0.0160. The molecule has 202 valence electrons. The molecule has 2 rings (SSSR count). The van der Waals surface area contributed by atoms with Gasteiger partial charge in [-0.3, -0.25) is 0 Å². The van der Waals surface area contributed by atoms with Gasteiger partial charge >= 0.3 is 24.1 Å². The quantitative estimate of drug-likeness (QED) is 0.220. The van der Waals surface area contributed by atoms with Crippen molar-refractivity contribution < 1.29 is 38.1 Å². The smallest absolute Gasteiger partial charge is 0.407 e. The number of alkyl carbamates (subject to hydrolysis) is 2. The van der Waals surface area contributed by atoms with Crippen molar-refractivity contribution in [1.82, 2.24) is 10.6 Å². The molecule has 10 heteroatoms. The summed E-state index contributed by atoms with van der Waals surface area (Å²) in [4.78, 5) is 46.9. The van der Waals surface area contributed by atoms with Crippen molar-refractivity contribution in [3.63, 3.8) is 0 Å². The maximum absolute atomic E-state index is 12.1. The van der Waals surface area contributed by atoms with E-state index in [1.165, 1.54) is 0 Å². The molecule has 0 aromatic carbocycles. The Hall–Kier alpha value is -3.04. The fourth-order valence-electron chi connectivity index (χ4n) is 4.84. The second-order valence-electron chi connectivity index (χ2n) is 10.0. The highest BCUT2D eigenvalue weighted by atomic mass is 16.6. The maximum atomic E-state index is 12.1. The van der Waals surface area contributed by atoms with Crippen molar-refractivity contribution in [3.05, 3.63) is 24.3 Å². The lowest BCUT2D eigenvalue weighted by atomic mass is 9.80. The number of ether oxygens (including phenoxy) is 4. The van der Waals surface area contributed by atoms with E-state index in [2.05, 4.69) is 23.8 Å². The molecule has 10 nitrogen and oxygen atoms in total. The van der Waals surface area contributed by atoms with E-state index in [-0.39, 0.29) is 13.2 Å². The molecule has 0 spiro atoms. The van der Waals surface area contributed by atoms with Crippen LogP contribution >= 0.6 is 0 Å². The van der Waals surface area contributed by atoms with Crippen LogP contribution in [0.5, 0.6) is 0 Å². The van der Waals surface area contributed by atoms with Gasteiger partial charge in [0.1, 0.15) is 25.4 Å². The van der Waals surface area contributed by atoms with Gasteiger partial charge in [0.05, 0.1) is 0 Å². The molecule has 2 N–H and O–H groups in total. The Bertz CT molecular complexity index is 842. The van der Waals surface area contributed by atoms with E-state index in [9.17, 15) is 19.2 Å². The number of carbonyl (C=O) groups excluding carboxylic acids is 4. The molecule has 6 atom stereocenters. The Labute approximate surface area is 213 Å². The number of hydrogen-bond acceptors (Lipinski definition) is 8. The molecule has 2 aliphatic carbocycles. The van der Waals surface area contributed by atoms with Crippen LogP contribution in [0.25, 0.3) is 0 Å². The molecule has 2 fully saturated rings. The number of nitrogens with one attached hydrogen (secondary N) is 2. The third kappa shape index (κ3) is 9.54. The number of carbonyl (C=O) groups is 4. The molecule has 2 amide bonds. The average Bonchev–Trinajstić information content (AvgIpc) is 3.39. The first-order valence-electron chi connectivity index (χ1n) is 12.5. The summed E-state index contributed by atoms with van der Waals surface area (Å²) >= 11 is 0. The third-order valence-electron chi connectivity index (χ3n) is 6.65. The molecule has 0 heterocycles. The van der Waals surface area contributed by atoms with E-state index in [1.807, 2.05) is 0 Å². The van der Waals surface area contributed by atoms with Gasteiger partial charge in [0.25, 0.3) is 0 Å². The highest BCUT2D eigenvalue weighted by Crippen LogP contribution is 2.52. The summed E-state index contributed by atoms with van der Waals surface area (Å²) in [6.45, 7) is 14.5. The normalized spacial score (nSPS) is 23.7. The first kappa shape index (κ1) is 29.2. The SMILES string of the molecule is C=C(C)C(=O)OCC(C)OC(=O)NCCC1CC2CC1CC2CNC(=O)OC(C)COC(=O)C(=C)C. The summed E-state index contributed by atoms with van der Waals surface area (Å²) in [5, 5.41) is 5.61. The predicted octanol–water partition coefficient (Wildman–Crippen LogP) is 3.51. The number of esters is 2. The van der Waals surface area contributed by atoms with Gasteiger partial charge in [-0.15, -0.1) is 0 Å². The zero-order valence-electron chi connectivity index (χ0n) is 21.8. The van der Waals surface area contributed by atoms with Crippen molar-refractivity contribution in [2.75, 3.05) is 26.3 Å². The topological polar surface area (TPSA) is 129 Å². The molecule has 6 unspecified atom stereocenters. The van der Waals surface area contributed by atoms with Gasteiger partial charge in [-0.1, -0.05) is 13.2 Å². The van der Waals surface area contributed by atoms with Crippen LogP contribution in [-0.4, -0.2) is 62.6 Å².